The van der Waals surface area contributed by atoms with Crippen LogP contribution >= 0.6 is 0 Å². The van der Waals surface area contributed by atoms with Gasteiger partial charge in [-0.1, -0.05) is 12.1 Å². The second-order valence-corrected chi connectivity index (χ2v) is 4.22. The summed E-state index contributed by atoms with van der Waals surface area (Å²) in [6.07, 6.45) is 0.697. The summed E-state index contributed by atoms with van der Waals surface area (Å²) in [7, 11) is 3.74. The highest BCUT2D eigenvalue weighted by Gasteiger charge is 2.12. The number of methoxy groups -OCH3 is 1. The van der Waals surface area contributed by atoms with Crippen molar-refractivity contribution in [2.24, 2.45) is 0 Å². The van der Waals surface area contributed by atoms with Gasteiger partial charge in [0, 0.05) is 33.2 Å². The summed E-state index contributed by atoms with van der Waals surface area (Å²) in [5.41, 5.74) is 1.08. The largest absolute Gasteiger partial charge is 0.495 e. The molecule has 0 aliphatic rings. The van der Waals surface area contributed by atoms with Crippen LogP contribution in [-0.2, 0) is 9.47 Å². The van der Waals surface area contributed by atoms with E-state index < -0.39 is 0 Å². The third-order valence-corrected chi connectivity index (χ3v) is 2.90. The molecular formula is C15H25NO3. The van der Waals surface area contributed by atoms with Crippen molar-refractivity contribution in [2.75, 3.05) is 38.8 Å². The SMILES string of the molecule is CCOC(CCN(C)c1ccccc1OC)OCC. The lowest BCUT2D eigenvalue weighted by Crippen LogP contribution is -2.26. The maximum Gasteiger partial charge on any atom is 0.159 e. The molecule has 19 heavy (non-hydrogen) atoms. The van der Waals surface area contributed by atoms with Gasteiger partial charge in [-0.2, -0.15) is 0 Å². The van der Waals surface area contributed by atoms with Crippen LogP contribution in [0, 0.1) is 0 Å². The molecule has 0 aromatic heterocycles. The average molecular weight is 267 g/mol. The Labute approximate surface area is 116 Å². The lowest BCUT2D eigenvalue weighted by molar-refractivity contribution is -0.137. The fraction of sp³-hybridized carbons (Fsp3) is 0.600. The summed E-state index contributed by atoms with van der Waals surface area (Å²) in [4.78, 5) is 2.16. The van der Waals surface area contributed by atoms with E-state index in [0.29, 0.717) is 13.2 Å². The van der Waals surface area contributed by atoms with E-state index >= 15 is 0 Å². The molecule has 0 saturated carbocycles. The minimum Gasteiger partial charge on any atom is -0.495 e. The average Bonchev–Trinajstić information content (AvgIpc) is 2.44. The van der Waals surface area contributed by atoms with Gasteiger partial charge < -0.3 is 19.1 Å². The fourth-order valence-corrected chi connectivity index (χ4v) is 1.95. The molecule has 0 aliphatic heterocycles. The Balaban J connectivity index is 2.55. The van der Waals surface area contributed by atoms with Gasteiger partial charge in [-0.05, 0) is 26.0 Å². The number of hydrogen-bond donors (Lipinski definition) is 0. The molecule has 0 atom stereocenters. The van der Waals surface area contributed by atoms with Crippen LogP contribution in [0.5, 0.6) is 5.75 Å². The van der Waals surface area contributed by atoms with Crippen molar-refractivity contribution in [1.82, 2.24) is 0 Å². The highest BCUT2D eigenvalue weighted by molar-refractivity contribution is 5.57. The number of ether oxygens (including phenoxy) is 3. The van der Waals surface area contributed by atoms with Crippen LogP contribution in [0.25, 0.3) is 0 Å². The predicted octanol–water partition coefficient (Wildman–Crippen LogP) is 2.92. The molecule has 0 N–H and O–H groups in total. The minimum atomic E-state index is -0.132. The fourth-order valence-electron chi connectivity index (χ4n) is 1.95. The predicted molar refractivity (Wildman–Crippen MR) is 77.9 cm³/mol. The minimum absolute atomic E-state index is 0.132. The van der Waals surface area contributed by atoms with Crippen molar-refractivity contribution in [3.63, 3.8) is 0 Å². The van der Waals surface area contributed by atoms with Gasteiger partial charge in [0.25, 0.3) is 0 Å². The van der Waals surface area contributed by atoms with Crippen molar-refractivity contribution in [2.45, 2.75) is 26.6 Å². The van der Waals surface area contributed by atoms with E-state index in [1.54, 1.807) is 7.11 Å². The Kier molecular flexibility index (Phi) is 7.30. The van der Waals surface area contributed by atoms with Crippen LogP contribution in [-0.4, -0.2) is 40.2 Å². The van der Waals surface area contributed by atoms with Crippen LogP contribution in [0.3, 0.4) is 0 Å². The van der Waals surface area contributed by atoms with Crippen molar-refractivity contribution in [3.8, 4) is 5.75 Å². The quantitative estimate of drug-likeness (QED) is 0.644. The lowest BCUT2D eigenvalue weighted by atomic mass is 10.2. The zero-order valence-electron chi connectivity index (χ0n) is 12.4. The van der Waals surface area contributed by atoms with E-state index in [1.165, 1.54) is 0 Å². The molecule has 4 nitrogen and oxygen atoms in total. The molecular weight excluding hydrogens is 242 g/mol. The van der Waals surface area contributed by atoms with E-state index in [1.807, 2.05) is 39.1 Å². The number of anilines is 1. The van der Waals surface area contributed by atoms with Gasteiger partial charge in [0.15, 0.2) is 6.29 Å². The number of nitrogens with zero attached hydrogens (tertiary/aromatic N) is 1. The Morgan fingerprint density at radius 3 is 2.32 bits per heavy atom. The summed E-state index contributed by atoms with van der Waals surface area (Å²) in [6, 6.07) is 8.00. The number of rotatable bonds is 9. The maximum atomic E-state index is 5.55. The summed E-state index contributed by atoms with van der Waals surface area (Å²) in [6.45, 7) is 6.16. The van der Waals surface area contributed by atoms with E-state index in [9.17, 15) is 0 Å². The van der Waals surface area contributed by atoms with Gasteiger partial charge >= 0.3 is 0 Å². The standard InChI is InChI=1S/C15H25NO3/c1-5-18-15(19-6-2)11-12-16(3)13-9-7-8-10-14(13)17-4/h7-10,15H,5-6,11-12H2,1-4H3. The molecule has 108 valence electrons. The van der Waals surface area contributed by atoms with Crippen molar-refractivity contribution < 1.29 is 14.2 Å². The third-order valence-electron chi connectivity index (χ3n) is 2.90. The van der Waals surface area contributed by atoms with Crippen LogP contribution < -0.4 is 9.64 Å². The molecule has 0 saturated heterocycles. The van der Waals surface area contributed by atoms with Gasteiger partial charge in [-0.25, -0.2) is 0 Å². The Bertz CT molecular complexity index is 351. The van der Waals surface area contributed by atoms with Gasteiger partial charge in [-0.15, -0.1) is 0 Å². The monoisotopic (exact) mass is 267 g/mol. The summed E-state index contributed by atoms with van der Waals surface area (Å²) < 4.78 is 16.5. The normalized spacial score (nSPS) is 10.8. The second-order valence-electron chi connectivity index (χ2n) is 4.22. The van der Waals surface area contributed by atoms with E-state index in [0.717, 1.165) is 24.4 Å². The Hall–Kier alpha value is -1.26. The van der Waals surface area contributed by atoms with E-state index in [2.05, 4.69) is 11.0 Å². The lowest BCUT2D eigenvalue weighted by Gasteiger charge is -2.24. The first-order chi connectivity index (χ1) is 9.22. The zero-order valence-corrected chi connectivity index (χ0v) is 12.4. The summed E-state index contributed by atoms with van der Waals surface area (Å²) >= 11 is 0. The summed E-state index contributed by atoms with van der Waals surface area (Å²) in [5.74, 6) is 0.884. The highest BCUT2D eigenvalue weighted by Crippen LogP contribution is 2.26. The molecule has 0 aliphatic carbocycles. The number of benzene rings is 1. The zero-order chi connectivity index (χ0) is 14.1. The van der Waals surface area contributed by atoms with Gasteiger partial charge in [0.05, 0.1) is 12.8 Å². The van der Waals surface area contributed by atoms with Crippen molar-refractivity contribution >= 4 is 5.69 Å². The van der Waals surface area contributed by atoms with Crippen LogP contribution in [0.1, 0.15) is 20.3 Å². The number of hydrogen-bond acceptors (Lipinski definition) is 4. The van der Waals surface area contributed by atoms with Crippen molar-refractivity contribution in [1.29, 1.82) is 0 Å². The molecule has 0 radical (unpaired) electrons. The van der Waals surface area contributed by atoms with Crippen LogP contribution in [0.15, 0.2) is 24.3 Å². The van der Waals surface area contributed by atoms with Crippen molar-refractivity contribution in [3.05, 3.63) is 24.3 Å². The molecule has 0 fully saturated rings. The molecule has 1 aromatic rings. The van der Waals surface area contributed by atoms with Crippen LogP contribution in [0.2, 0.25) is 0 Å². The first kappa shape index (κ1) is 15.8. The summed E-state index contributed by atoms with van der Waals surface area (Å²) in [5, 5.41) is 0. The Morgan fingerprint density at radius 2 is 1.74 bits per heavy atom. The molecule has 0 bridgehead atoms. The molecule has 0 spiro atoms. The Morgan fingerprint density at radius 1 is 1.11 bits per heavy atom. The van der Waals surface area contributed by atoms with Gasteiger partial charge in [0.2, 0.25) is 0 Å². The molecule has 0 amide bonds. The first-order valence-corrected chi connectivity index (χ1v) is 6.80. The molecule has 1 rings (SSSR count). The van der Waals surface area contributed by atoms with E-state index in [-0.39, 0.29) is 6.29 Å². The van der Waals surface area contributed by atoms with E-state index in [4.69, 9.17) is 14.2 Å². The molecule has 0 heterocycles. The second kappa shape index (κ2) is 8.77. The maximum absolute atomic E-state index is 5.55. The first-order valence-electron chi connectivity index (χ1n) is 6.80. The topological polar surface area (TPSA) is 30.9 Å². The molecule has 4 heteroatoms. The smallest absolute Gasteiger partial charge is 0.159 e. The number of para-hydroxylation sites is 2. The van der Waals surface area contributed by atoms with Gasteiger partial charge in [-0.3, -0.25) is 0 Å². The molecule has 0 unspecified atom stereocenters. The van der Waals surface area contributed by atoms with Gasteiger partial charge in [0.1, 0.15) is 5.75 Å². The van der Waals surface area contributed by atoms with Crippen LogP contribution in [0.4, 0.5) is 5.69 Å². The third kappa shape index (κ3) is 5.09. The molecule has 1 aromatic carbocycles. The highest BCUT2D eigenvalue weighted by atomic mass is 16.7.